The van der Waals surface area contributed by atoms with E-state index in [-0.39, 0.29) is 0 Å². The van der Waals surface area contributed by atoms with E-state index in [0.29, 0.717) is 6.04 Å². The second kappa shape index (κ2) is 11.0. The fourth-order valence-electron chi connectivity index (χ4n) is 3.26. The standard InChI is InChI=1S/C20H34N4O2S/c1-16-4-7-19(27-16)18(24-9-12-25-13-10-24)14-23-20(21-2)22-8-3-11-26-15-17-5-6-17/h4,7,17-18H,3,5-6,8-15H2,1-2H3,(H2,21,22,23). The van der Waals surface area contributed by atoms with Crippen molar-refractivity contribution in [2.45, 2.75) is 32.2 Å². The number of ether oxygens (including phenoxy) is 2. The molecule has 1 unspecified atom stereocenters. The van der Waals surface area contributed by atoms with Crippen LogP contribution in [-0.4, -0.2) is 70.5 Å². The molecule has 6 nitrogen and oxygen atoms in total. The highest BCUT2D eigenvalue weighted by Gasteiger charge is 2.24. The SMILES string of the molecule is CN=C(NCCCOCC1CC1)NCC(c1ccc(C)s1)N1CCOCC1. The molecule has 1 aromatic rings. The van der Waals surface area contributed by atoms with E-state index in [1.807, 2.05) is 18.4 Å². The lowest BCUT2D eigenvalue weighted by atomic mass is 10.2. The maximum Gasteiger partial charge on any atom is 0.191 e. The summed E-state index contributed by atoms with van der Waals surface area (Å²) in [6, 6.07) is 4.82. The summed E-state index contributed by atoms with van der Waals surface area (Å²) in [5, 5.41) is 6.92. The van der Waals surface area contributed by atoms with Crippen molar-refractivity contribution in [3.05, 3.63) is 21.9 Å². The molecule has 0 amide bonds. The van der Waals surface area contributed by atoms with Crippen molar-refractivity contribution in [1.82, 2.24) is 15.5 Å². The van der Waals surface area contributed by atoms with Gasteiger partial charge in [0.15, 0.2) is 5.96 Å². The van der Waals surface area contributed by atoms with Gasteiger partial charge in [-0.2, -0.15) is 0 Å². The molecule has 0 bridgehead atoms. The first-order valence-corrected chi connectivity index (χ1v) is 11.0. The molecule has 1 saturated carbocycles. The van der Waals surface area contributed by atoms with Crippen LogP contribution in [-0.2, 0) is 9.47 Å². The van der Waals surface area contributed by atoms with Crippen molar-refractivity contribution in [2.75, 3.05) is 59.7 Å². The van der Waals surface area contributed by atoms with Gasteiger partial charge in [0.05, 0.1) is 19.3 Å². The first-order chi connectivity index (χ1) is 13.3. The molecule has 1 saturated heterocycles. The minimum atomic E-state index is 0.355. The zero-order chi connectivity index (χ0) is 18.9. The van der Waals surface area contributed by atoms with Crippen LogP contribution in [0.1, 0.15) is 35.1 Å². The van der Waals surface area contributed by atoms with Gasteiger partial charge in [-0.15, -0.1) is 11.3 Å². The van der Waals surface area contributed by atoms with Gasteiger partial charge in [0, 0.05) is 56.2 Å². The molecule has 2 heterocycles. The third-order valence-corrected chi connectivity index (χ3v) is 6.17. The maximum atomic E-state index is 5.69. The molecule has 1 aromatic heterocycles. The molecule has 1 atom stereocenters. The normalized spacial score (nSPS) is 19.9. The summed E-state index contributed by atoms with van der Waals surface area (Å²) in [4.78, 5) is 9.65. The minimum absolute atomic E-state index is 0.355. The van der Waals surface area contributed by atoms with Crippen LogP contribution in [0.5, 0.6) is 0 Å². The van der Waals surface area contributed by atoms with E-state index >= 15 is 0 Å². The number of hydrogen-bond acceptors (Lipinski definition) is 5. The van der Waals surface area contributed by atoms with Gasteiger partial charge in [-0.05, 0) is 44.2 Å². The zero-order valence-corrected chi connectivity index (χ0v) is 17.5. The average Bonchev–Trinajstić information content (AvgIpc) is 3.43. The van der Waals surface area contributed by atoms with Crippen LogP contribution >= 0.6 is 11.3 Å². The highest BCUT2D eigenvalue weighted by molar-refractivity contribution is 7.12. The van der Waals surface area contributed by atoms with Gasteiger partial charge >= 0.3 is 0 Å². The summed E-state index contributed by atoms with van der Waals surface area (Å²) >= 11 is 1.88. The second-order valence-corrected chi connectivity index (χ2v) is 8.68. The number of morpholine rings is 1. The lowest BCUT2D eigenvalue weighted by molar-refractivity contribution is 0.0177. The molecule has 0 radical (unpaired) electrons. The Labute approximate surface area is 167 Å². The van der Waals surface area contributed by atoms with Crippen molar-refractivity contribution < 1.29 is 9.47 Å². The molecule has 2 aliphatic rings. The first kappa shape index (κ1) is 20.6. The maximum absolute atomic E-state index is 5.69. The van der Waals surface area contributed by atoms with Crippen molar-refractivity contribution in [1.29, 1.82) is 0 Å². The van der Waals surface area contributed by atoms with Gasteiger partial charge in [0.25, 0.3) is 0 Å². The smallest absolute Gasteiger partial charge is 0.191 e. The summed E-state index contributed by atoms with van der Waals surface area (Å²) in [6.07, 6.45) is 3.70. The lowest BCUT2D eigenvalue weighted by Crippen LogP contribution is -2.46. The van der Waals surface area contributed by atoms with Crippen LogP contribution in [0.25, 0.3) is 0 Å². The Hall–Kier alpha value is -1.15. The second-order valence-electron chi connectivity index (χ2n) is 7.36. The largest absolute Gasteiger partial charge is 0.381 e. The molecule has 7 heteroatoms. The van der Waals surface area contributed by atoms with Crippen LogP contribution in [0.4, 0.5) is 0 Å². The number of guanidine groups is 1. The monoisotopic (exact) mass is 394 g/mol. The molecule has 1 aliphatic heterocycles. The Kier molecular flexibility index (Phi) is 8.38. The molecule has 0 spiro atoms. The van der Waals surface area contributed by atoms with E-state index < -0.39 is 0 Å². The lowest BCUT2D eigenvalue weighted by Gasteiger charge is -2.34. The number of aliphatic imine (C=N–C) groups is 1. The topological polar surface area (TPSA) is 58.1 Å². The van der Waals surface area contributed by atoms with Gasteiger partial charge < -0.3 is 20.1 Å². The zero-order valence-electron chi connectivity index (χ0n) is 16.7. The van der Waals surface area contributed by atoms with E-state index in [2.05, 4.69) is 39.6 Å². The number of aryl methyl sites for hydroxylation is 1. The third kappa shape index (κ3) is 7.07. The Morgan fingerprint density at radius 3 is 2.81 bits per heavy atom. The van der Waals surface area contributed by atoms with E-state index in [0.717, 1.165) is 70.9 Å². The van der Waals surface area contributed by atoms with Gasteiger partial charge in [-0.3, -0.25) is 9.89 Å². The van der Waals surface area contributed by atoms with Crippen molar-refractivity contribution >= 4 is 17.3 Å². The minimum Gasteiger partial charge on any atom is -0.381 e. The van der Waals surface area contributed by atoms with Gasteiger partial charge in [0.1, 0.15) is 0 Å². The molecule has 2 N–H and O–H groups in total. The summed E-state index contributed by atoms with van der Waals surface area (Å²) < 4.78 is 11.2. The van der Waals surface area contributed by atoms with E-state index in [9.17, 15) is 0 Å². The molecule has 27 heavy (non-hydrogen) atoms. The van der Waals surface area contributed by atoms with Crippen molar-refractivity contribution in [2.24, 2.45) is 10.9 Å². The number of thiophene rings is 1. The Morgan fingerprint density at radius 2 is 2.15 bits per heavy atom. The molecule has 2 fully saturated rings. The van der Waals surface area contributed by atoms with Gasteiger partial charge in [-0.1, -0.05) is 0 Å². The highest BCUT2D eigenvalue weighted by atomic mass is 32.1. The quantitative estimate of drug-likeness (QED) is 0.363. The van der Waals surface area contributed by atoms with Crippen LogP contribution < -0.4 is 10.6 Å². The van der Waals surface area contributed by atoms with Crippen molar-refractivity contribution in [3.63, 3.8) is 0 Å². The van der Waals surface area contributed by atoms with Crippen LogP contribution in [0.3, 0.4) is 0 Å². The Balaban J connectivity index is 1.42. The fourth-order valence-corrected chi connectivity index (χ4v) is 4.27. The van der Waals surface area contributed by atoms with Gasteiger partial charge in [-0.25, -0.2) is 0 Å². The van der Waals surface area contributed by atoms with Crippen LogP contribution in [0, 0.1) is 12.8 Å². The number of nitrogens with one attached hydrogen (secondary N) is 2. The third-order valence-electron chi connectivity index (χ3n) is 5.07. The van der Waals surface area contributed by atoms with E-state index in [1.165, 1.54) is 22.6 Å². The Morgan fingerprint density at radius 1 is 1.33 bits per heavy atom. The summed E-state index contributed by atoms with van der Waals surface area (Å²) in [5.41, 5.74) is 0. The van der Waals surface area contributed by atoms with Gasteiger partial charge in [0.2, 0.25) is 0 Å². The molecule has 1 aliphatic carbocycles. The Bertz CT molecular complexity index is 582. The summed E-state index contributed by atoms with van der Waals surface area (Å²) in [6.45, 7) is 9.25. The fraction of sp³-hybridized carbons (Fsp3) is 0.750. The molecule has 3 rings (SSSR count). The highest BCUT2D eigenvalue weighted by Crippen LogP contribution is 2.29. The number of hydrogen-bond donors (Lipinski definition) is 2. The predicted octanol–water partition coefficient (Wildman–Crippen LogP) is 2.41. The molecule has 0 aromatic carbocycles. The summed E-state index contributed by atoms with van der Waals surface area (Å²) in [7, 11) is 1.83. The van der Waals surface area contributed by atoms with Crippen LogP contribution in [0.15, 0.2) is 17.1 Å². The molecule has 152 valence electrons. The first-order valence-electron chi connectivity index (χ1n) is 10.2. The molecular formula is C20H34N4O2S. The van der Waals surface area contributed by atoms with Crippen molar-refractivity contribution in [3.8, 4) is 0 Å². The van der Waals surface area contributed by atoms with E-state index in [4.69, 9.17) is 9.47 Å². The number of rotatable bonds is 10. The molecular weight excluding hydrogens is 360 g/mol. The average molecular weight is 395 g/mol. The van der Waals surface area contributed by atoms with E-state index in [1.54, 1.807) is 0 Å². The predicted molar refractivity (Wildman–Crippen MR) is 112 cm³/mol. The number of nitrogens with zero attached hydrogens (tertiary/aromatic N) is 2. The summed E-state index contributed by atoms with van der Waals surface area (Å²) in [5.74, 6) is 1.70. The van der Waals surface area contributed by atoms with Crippen LogP contribution in [0.2, 0.25) is 0 Å².